The molecule has 2 aromatic carbocycles. The molecule has 2 amide bonds. The Labute approximate surface area is 150 Å². The maximum atomic E-state index is 12.6. The maximum absolute atomic E-state index is 12.6. The normalized spacial score (nSPS) is 18.2. The van der Waals surface area contributed by atoms with Crippen molar-refractivity contribution in [2.75, 3.05) is 5.32 Å². The second-order valence-corrected chi connectivity index (χ2v) is 6.78. The van der Waals surface area contributed by atoms with E-state index >= 15 is 0 Å². The summed E-state index contributed by atoms with van der Waals surface area (Å²) in [6, 6.07) is 12.6. The Morgan fingerprint density at radius 3 is 2.72 bits per heavy atom. The Balaban J connectivity index is 1.47. The molecule has 6 heteroatoms. The number of para-hydroxylation sites is 1. The summed E-state index contributed by atoms with van der Waals surface area (Å²) in [5, 5.41) is 6.37. The lowest BCUT2D eigenvalue weighted by Crippen LogP contribution is -2.33. The van der Waals surface area contributed by atoms with Crippen LogP contribution in [0.15, 0.2) is 42.5 Å². The number of halogens is 1. The highest BCUT2D eigenvalue weighted by molar-refractivity contribution is 6.30. The van der Waals surface area contributed by atoms with Crippen molar-refractivity contribution in [2.24, 2.45) is 0 Å². The van der Waals surface area contributed by atoms with Crippen LogP contribution < -0.4 is 15.4 Å². The predicted molar refractivity (Wildman–Crippen MR) is 95.1 cm³/mol. The van der Waals surface area contributed by atoms with Gasteiger partial charge in [0, 0.05) is 17.5 Å². The average molecular weight is 357 g/mol. The Hall–Kier alpha value is -2.53. The third-order valence-corrected chi connectivity index (χ3v) is 4.57. The number of ether oxygens (including phenoxy) is 1. The quantitative estimate of drug-likeness (QED) is 0.884. The molecule has 1 aliphatic heterocycles. The molecule has 1 heterocycles. The van der Waals surface area contributed by atoms with Crippen molar-refractivity contribution in [3.05, 3.63) is 58.6 Å². The van der Waals surface area contributed by atoms with E-state index in [1.165, 1.54) is 0 Å². The molecule has 1 aliphatic carbocycles. The lowest BCUT2D eigenvalue weighted by atomic mass is 10.1. The molecule has 2 N–H and O–H groups in total. The molecule has 0 saturated heterocycles. The van der Waals surface area contributed by atoms with E-state index in [-0.39, 0.29) is 17.9 Å². The third kappa shape index (κ3) is 3.46. The van der Waals surface area contributed by atoms with Gasteiger partial charge in [0.1, 0.15) is 5.75 Å². The molecular weight excluding hydrogens is 340 g/mol. The van der Waals surface area contributed by atoms with Gasteiger partial charge in [0.25, 0.3) is 11.8 Å². The topological polar surface area (TPSA) is 67.4 Å². The first kappa shape index (κ1) is 16.0. The van der Waals surface area contributed by atoms with Crippen molar-refractivity contribution >= 4 is 29.1 Å². The largest absolute Gasteiger partial charge is 0.480 e. The van der Waals surface area contributed by atoms with Gasteiger partial charge in [-0.2, -0.15) is 0 Å². The summed E-state index contributed by atoms with van der Waals surface area (Å²) in [4.78, 5) is 24.9. The fraction of sp³-hybridized carbons (Fsp3) is 0.263. The number of benzene rings is 2. The number of hydrogen-bond acceptors (Lipinski definition) is 3. The van der Waals surface area contributed by atoms with E-state index in [4.69, 9.17) is 16.3 Å². The smallest absolute Gasteiger partial charge is 0.265 e. The van der Waals surface area contributed by atoms with Crippen LogP contribution in [-0.4, -0.2) is 24.0 Å². The van der Waals surface area contributed by atoms with Crippen LogP contribution in [0.4, 0.5) is 5.69 Å². The van der Waals surface area contributed by atoms with E-state index in [2.05, 4.69) is 10.6 Å². The van der Waals surface area contributed by atoms with Crippen LogP contribution in [0.2, 0.25) is 5.02 Å². The van der Waals surface area contributed by atoms with Crippen LogP contribution in [0.5, 0.6) is 5.75 Å². The van der Waals surface area contributed by atoms with E-state index in [0.717, 1.165) is 18.4 Å². The second kappa shape index (κ2) is 6.41. The van der Waals surface area contributed by atoms with Gasteiger partial charge in [0.05, 0.1) is 11.3 Å². The molecule has 0 spiro atoms. The van der Waals surface area contributed by atoms with E-state index in [9.17, 15) is 9.59 Å². The van der Waals surface area contributed by atoms with Gasteiger partial charge >= 0.3 is 0 Å². The van der Waals surface area contributed by atoms with Gasteiger partial charge in [-0.25, -0.2) is 0 Å². The molecule has 0 unspecified atom stereocenters. The van der Waals surface area contributed by atoms with E-state index < -0.39 is 6.10 Å². The zero-order valence-electron chi connectivity index (χ0n) is 13.4. The predicted octanol–water partition coefficient (Wildman–Crippen LogP) is 3.17. The van der Waals surface area contributed by atoms with Crippen molar-refractivity contribution in [1.29, 1.82) is 0 Å². The molecular formula is C19H17ClN2O3. The van der Waals surface area contributed by atoms with E-state index in [1.807, 2.05) is 0 Å². The second-order valence-electron chi connectivity index (χ2n) is 6.35. The van der Waals surface area contributed by atoms with Crippen LogP contribution in [0.1, 0.15) is 28.8 Å². The highest BCUT2D eigenvalue weighted by Crippen LogP contribution is 2.31. The summed E-state index contributed by atoms with van der Waals surface area (Å²) in [5.41, 5.74) is 1.86. The molecule has 1 atom stereocenters. The molecule has 0 bridgehead atoms. The number of carbonyl (C=O) groups excluding carboxylic acids is 2. The molecule has 128 valence electrons. The first-order valence-corrected chi connectivity index (χ1v) is 8.64. The van der Waals surface area contributed by atoms with E-state index in [1.54, 1.807) is 42.5 Å². The highest BCUT2D eigenvalue weighted by atomic mass is 35.5. The lowest BCUT2D eigenvalue weighted by Gasteiger charge is -2.14. The number of carbonyl (C=O) groups is 2. The van der Waals surface area contributed by atoms with Gasteiger partial charge in [0.15, 0.2) is 6.10 Å². The van der Waals surface area contributed by atoms with Crippen molar-refractivity contribution in [1.82, 2.24) is 5.32 Å². The fourth-order valence-electron chi connectivity index (χ4n) is 2.86. The molecule has 4 rings (SSSR count). The summed E-state index contributed by atoms with van der Waals surface area (Å²) < 4.78 is 5.70. The van der Waals surface area contributed by atoms with Crippen molar-refractivity contribution in [3.8, 4) is 5.75 Å². The standard InChI is InChI=1S/C19H17ClN2O3/c20-12-5-8-16-11(9-12)10-17(25-16)19(24)22-15-4-2-1-3-14(15)18(23)21-13-6-7-13/h1-5,8-9,13,17H,6-7,10H2,(H,21,23)(H,22,24)/t17-/m1/s1. The molecule has 5 nitrogen and oxygen atoms in total. The number of rotatable bonds is 4. The number of nitrogens with one attached hydrogen (secondary N) is 2. The summed E-state index contributed by atoms with van der Waals surface area (Å²) in [7, 11) is 0. The fourth-order valence-corrected chi connectivity index (χ4v) is 3.05. The summed E-state index contributed by atoms with van der Waals surface area (Å²) in [6.45, 7) is 0. The van der Waals surface area contributed by atoms with Crippen LogP contribution in [0.25, 0.3) is 0 Å². The number of hydrogen-bond donors (Lipinski definition) is 2. The van der Waals surface area contributed by atoms with Crippen molar-refractivity contribution in [3.63, 3.8) is 0 Å². The molecule has 2 aliphatic rings. The Kier molecular flexibility index (Phi) is 4.09. The van der Waals surface area contributed by atoms with Crippen molar-refractivity contribution in [2.45, 2.75) is 31.4 Å². The molecule has 2 aromatic rings. The first-order valence-electron chi connectivity index (χ1n) is 8.26. The van der Waals surface area contributed by atoms with Gasteiger partial charge in [-0.15, -0.1) is 0 Å². The first-order chi connectivity index (χ1) is 12.1. The Morgan fingerprint density at radius 1 is 1.12 bits per heavy atom. The average Bonchev–Trinajstić information content (AvgIpc) is 3.31. The van der Waals surface area contributed by atoms with Gasteiger partial charge in [-0.1, -0.05) is 23.7 Å². The summed E-state index contributed by atoms with van der Waals surface area (Å²) in [6.07, 6.45) is 1.85. The summed E-state index contributed by atoms with van der Waals surface area (Å²) in [5.74, 6) is 0.226. The van der Waals surface area contributed by atoms with E-state index in [0.29, 0.717) is 28.4 Å². The van der Waals surface area contributed by atoms with Gasteiger partial charge in [-0.05, 0) is 48.7 Å². The van der Waals surface area contributed by atoms with Gasteiger partial charge in [-0.3, -0.25) is 9.59 Å². The van der Waals surface area contributed by atoms with Crippen LogP contribution in [0.3, 0.4) is 0 Å². The molecule has 0 aromatic heterocycles. The lowest BCUT2D eigenvalue weighted by molar-refractivity contribution is -0.122. The van der Waals surface area contributed by atoms with Crippen molar-refractivity contribution < 1.29 is 14.3 Å². The molecule has 0 radical (unpaired) electrons. The van der Waals surface area contributed by atoms with Crippen LogP contribution in [0, 0.1) is 0 Å². The molecule has 1 saturated carbocycles. The number of fused-ring (bicyclic) bond motifs is 1. The highest BCUT2D eigenvalue weighted by Gasteiger charge is 2.30. The number of amides is 2. The Bertz CT molecular complexity index is 848. The SMILES string of the molecule is O=C(NC1CC1)c1ccccc1NC(=O)[C@H]1Cc2cc(Cl)ccc2O1. The summed E-state index contributed by atoms with van der Waals surface area (Å²) >= 11 is 5.98. The zero-order valence-corrected chi connectivity index (χ0v) is 14.2. The minimum Gasteiger partial charge on any atom is -0.480 e. The number of anilines is 1. The minimum atomic E-state index is -0.631. The molecule has 25 heavy (non-hydrogen) atoms. The van der Waals surface area contributed by atoms with Gasteiger partial charge < -0.3 is 15.4 Å². The third-order valence-electron chi connectivity index (χ3n) is 4.33. The van der Waals surface area contributed by atoms with Crippen LogP contribution in [-0.2, 0) is 11.2 Å². The van der Waals surface area contributed by atoms with Gasteiger partial charge in [0.2, 0.25) is 0 Å². The molecule has 1 fully saturated rings. The zero-order chi connectivity index (χ0) is 17.4. The Morgan fingerprint density at radius 2 is 1.92 bits per heavy atom. The van der Waals surface area contributed by atoms with Crippen LogP contribution >= 0.6 is 11.6 Å². The monoisotopic (exact) mass is 356 g/mol. The minimum absolute atomic E-state index is 0.166. The maximum Gasteiger partial charge on any atom is 0.265 e.